The fraction of sp³-hybridized carbons (Fsp3) is 1.00. The van der Waals surface area contributed by atoms with Gasteiger partial charge in [0.25, 0.3) is 0 Å². The van der Waals surface area contributed by atoms with Crippen LogP contribution < -0.4 is 4.98 Å². The zero-order valence-electron chi connectivity index (χ0n) is 12.3. The molecule has 0 aromatic heterocycles. The highest BCUT2D eigenvalue weighted by atomic mass is 28.3. The number of rotatable bonds is 5. The van der Waals surface area contributed by atoms with Crippen LogP contribution in [0, 0.1) is 0 Å². The quantitative estimate of drug-likeness (QED) is 0.703. The molecule has 15 heavy (non-hydrogen) atoms. The van der Waals surface area contributed by atoms with Gasteiger partial charge in [-0.1, -0.05) is 65.6 Å². The molecule has 0 aromatic carbocycles. The van der Waals surface area contributed by atoms with Crippen LogP contribution in [-0.4, -0.2) is 22.9 Å². The maximum absolute atomic E-state index is 3.51. The Morgan fingerprint density at radius 2 is 1.27 bits per heavy atom. The minimum atomic E-state index is -0.928. The fourth-order valence-corrected chi connectivity index (χ4v) is 3.75. The molecule has 0 spiro atoms. The first-order chi connectivity index (χ1) is 6.62. The van der Waals surface area contributed by atoms with E-state index in [1.54, 1.807) is 0 Å². The molecule has 0 bridgehead atoms. The molecule has 0 amide bonds. The number of hydrogen-bond donors (Lipinski definition) is 1. The topological polar surface area (TPSA) is 12.0 Å². The van der Waals surface area contributed by atoms with Gasteiger partial charge in [0.05, 0.1) is 0 Å². The van der Waals surface area contributed by atoms with Crippen LogP contribution >= 0.6 is 0 Å². The largest absolute Gasteiger partial charge is 0.337 e. The van der Waals surface area contributed by atoms with E-state index in [0.717, 1.165) is 0 Å². The molecule has 0 aliphatic heterocycles. The highest BCUT2D eigenvalue weighted by molar-refractivity contribution is 6.76. The van der Waals surface area contributed by atoms with Crippen molar-refractivity contribution >= 4 is 16.3 Å². The van der Waals surface area contributed by atoms with Crippen molar-refractivity contribution in [3.63, 3.8) is 0 Å². The van der Waals surface area contributed by atoms with E-state index in [0.29, 0.717) is 0 Å². The van der Waals surface area contributed by atoms with E-state index < -0.39 is 16.3 Å². The Bertz CT molecular complexity index is 134. The van der Waals surface area contributed by atoms with E-state index in [9.17, 15) is 0 Å². The van der Waals surface area contributed by atoms with Crippen LogP contribution in [0.15, 0.2) is 0 Å². The van der Waals surface area contributed by atoms with Gasteiger partial charge >= 0.3 is 0 Å². The van der Waals surface area contributed by atoms with Gasteiger partial charge in [0.2, 0.25) is 0 Å². The smallest absolute Gasteiger partial charge is 0.116 e. The summed E-state index contributed by atoms with van der Waals surface area (Å²) >= 11 is 0. The van der Waals surface area contributed by atoms with Crippen LogP contribution in [0.25, 0.3) is 0 Å². The number of nitrogens with one attached hydrogen (secondary N) is 1. The summed E-state index contributed by atoms with van der Waals surface area (Å²) < 4.78 is 0. The Morgan fingerprint density at radius 1 is 0.800 bits per heavy atom. The van der Waals surface area contributed by atoms with Crippen molar-refractivity contribution in [2.45, 2.75) is 72.0 Å². The zero-order chi connectivity index (χ0) is 12.5. The lowest BCUT2D eigenvalue weighted by molar-refractivity contribution is 0.841. The van der Waals surface area contributed by atoms with Crippen molar-refractivity contribution in [3.8, 4) is 0 Å². The molecule has 0 aliphatic carbocycles. The molecule has 0 atom stereocenters. The SMILES string of the molecule is CCCN[Si](C)(C)C.CCC[Si](C)(C)C. The predicted molar refractivity (Wildman–Crippen MR) is 80.1 cm³/mol. The normalized spacial score (nSPS) is 12.0. The van der Waals surface area contributed by atoms with Crippen molar-refractivity contribution < 1.29 is 0 Å². The van der Waals surface area contributed by atoms with Crippen LogP contribution in [0.3, 0.4) is 0 Å². The molecule has 3 heteroatoms. The molecule has 0 rings (SSSR count). The van der Waals surface area contributed by atoms with Gasteiger partial charge < -0.3 is 4.98 Å². The van der Waals surface area contributed by atoms with Crippen molar-refractivity contribution in [2.75, 3.05) is 6.54 Å². The Labute approximate surface area is 100 Å². The summed E-state index contributed by atoms with van der Waals surface area (Å²) in [7, 11) is -1.59. The van der Waals surface area contributed by atoms with Gasteiger partial charge in [-0.05, 0) is 13.0 Å². The molecule has 0 aliphatic rings. The summed E-state index contributed by atoms with van der Waals surface area (Å²) in [5.41, 5.74) is 0. The molecule has 0 saturated carbocycles. The summed E-state index contributed by atoms with van der Waals surface area (Å²) in [5.74, 6) is 0. The minimum absolute atomic E-state index is 0.657. The molecular weight excluding hydrogens is 214 g/mol. The monoisotopic (exact) mass is 247 g/mol. The summed E-state index contributed by atoms with van der Waals surface area (Å²) in [6.07, 6.45) is 2.62. The van der Waals surface area contributed by atoms with E-state index in [1.165, 1.54) is 25.4 Å². The lowest BCUT2D eigenvalue weighted by Crippen LogP contribution is -2.41. The molecule has 1 nitrogen and oxygen atoms in total. The molecule has 1 N–H and O–H groups in total. The van der Waals surface area contributed by atoms with Gasteiger partial charge in [-0.25, -0.2) is 0 Å². The first kappa shape index (κ1) is 17.8. The van der Waals surface area contributed by atoms with Gasteiger partial charge in [0, 0.05) is 8.07 Å². The molecule has 0 unspecified atom stereocenters. The van der Waals surface area contributed by atoms with Crippen LogP contribution in [0.5, 0.6) is 0 Å². The van der Waals surface area contributed by atoms with E-state index in [4.69, 9.17) is 0 Å². The highest BCUT2D eigenvalue weighted by Gasteiger charge is 2.09. The third-order valence-electron chi connectivity index (χ3n) is 1.91. The second kappa shape index (κ2) is 8.53. The Kier molecular flexibility index (Phi) is 10.1. The third kappa shape index (κ3) is 25.1. The lowest BCUT2D eigenvalue weighted by atomic mass is 10.5. The second-order valence-electron chi connectivity index (χ2n) is 6.49. The first-order valence-electron chi connectivity index (χ1n) is 6.37. The highest BCUT2D eigenvalue weighted by Crippen LogP contribution is 2.09. The molecule has 0 aromatic rings. The van der Waals surface area contributed by atoms with Crippen LogP contribution in [0.1, 0.15) is 26.7 Å². The van der Waals surface area contributed by atoms with Crippen LogP contribution in [0.4, 0.5) is 0 Å². The second-order valence-corrected chi connectivity index (χ2v) is 17.0. The van der Waals surface area contributed by atoms with E-state index >= 15 is 0 Å². The molecule has 94 valence electrons. The van der Waals surface area contributed by atoms with Gasteiger partial charge in [-0.15, -0.1) is 0 Å². The average Bonchev–Trinajstić information content (AvgIpc) is 1.98. The first-order valence-corrected chi connectivity index (χ1v) is 13.6. The summed E-state index contributed by atoms with van der Waals surface area (Å²) in [5, 5.41) is 0. The zero-order valence-corrected chi connectivity index (χ0v) is 14.3. The van der Waals surface area contributed by atoms with E-state index in [1.807, 2.05) is 0 Å². The Balaban J connectivity index is 0. The van der Waals surface area contributed by atoms with Crippen molar-refractivity contribution in [2.24, 2.45) is 0 Å². The van der Waals surface area contributed by atoms with Crippen molar-refractivity contribution in [1.82, 2.24) is 4.98 Å². The van der Waals surface area contributed by atoms with E-state index in [2.05, 4.69) is 58.1 Å². The standard InChI is InChI=1S/C6H17NSi.C6H16Si/c1-5-6-7-8(2,3)4;1-5-6-7(2,3)4/h7H,5-6H2,1-4H3;5-6H2,1-4H3. The van der Waals surface area contributed by atoms with E-state index in [-0.39, 0.29) is 0 Å². The van der Waals surface area contributed by atoms with Crippen LogP contribution in [0.2, 0.25) is 45.3 Å². The molecule has 0 saturated heterocycles. The Hall–Kier alpha value is 0.394. The number of hydrogen-bond acceptors (Lipinski definition) is 1. The summed E-state index contributed by atoms with van der Waals surface area (Å²) in [4.78, 5) is 3.51. The van der Waals surface area contributed by atoms with Gasteiger partial charge in [0.15, 0.2) is 0 Å². The molecular formula is C12H33NSi2. The average molecular weight is 248 g/mol. The fourth-order valence-electron chi connectivity index (χ4n) is 1.25. The lowest BCUT2D eigenvalue weighted by Gasteiger charge is -2.16. The van der Waals surface area contributed by atoms with Crippen molar-refractivity contribution in [3.05, 3.63) is 0 Å². The molecule has 0 radical (unpaired) electrons. The van der Waals surface area contributed by atoms with Crippen molar-refractivity contribution in [1.29, 1.82) is 0 Å². The van der Waals surface area contributed by atoms with Gasteiger partial charge in [-0.2, -0.15) is 0 Å². The molecule has 0 fully saturated rings. The maximum atomic E-state index is 3.51. The van der Waals surface area contributed by atoms with Crippen LogP contribution in [-0.2, 0) is 0 Å². The Morgan fingerprint density at radius 3 is 1.33 bits per heavy atom. The summed E-state index contributed by atoms with van der Waals surface area (Å²) in [6.45, 7) is 19.9. The van der Waals surface area contributed by atoms with Gasteiger partial charge in [-0.3, -0.25) is 0 Å². The molecule has 0 heterocycles. The minimum Gasteiger partial charge on any atom is -0.337 e. The third-order valence-corrected chi connectivity index (χ3v) is 5.22. The summed E-state index contributed by atoms with van der Waals surface area (Å²) in [6, 6.07) is 1.48. The van der Waals surface area contributed by atoms with Gasteiger partial charge in [0.1, 0.15) is 8.24 Å². The maximum Gasteiger partial charge on any atom is 0.116 e. The predicted octanol–water partition coefficient (Wildman–Crippen LogP) is 4.56.